The van der Waals surface area contributed by atoms with Crippen molar-refractivity contribution >= 4 is 5.91 Å². The van der Waals surface area contributed by atoms with Crippen LogP contribution in [0.15, 0.2) is 42.9 Å². The fourth-order valence-electron chi connectivity index (χ4n) is 3.94. The van der Waals surface area contributed by atoms with E-state index in [1.807, 2.05) is 6.07 Å². The summed E-state index contributed by atoms with van der Waals surface area (Å²) < 4.78 is 15.5. The Bertz CT molecular complexity index is 977. The van der Waals surface area contributed by atoms with Crippen molar-refractivity contribution in [2.45, 2.75) is 45.6 Å². The van der Waals surface area contributed by atoms with Gasteiger partial charge in [-0.05, 0) is 48.4 Å². The molecular formula is C21H24FN5O. The van der Waals surface area contributed by atoms with Crippen LogP contribution in [0.3, 0.4) is 0 Å². The minimum absolute atomic E-state index is 0.000608. The van der Waals surface area contributed by atoms with Gasteiger partial charge in [-0.3, -0.25) is 9.89 Å². The molecule has 1 amide bonds. The third-order valence-electron chi connectivity index (χ3n) is 5.26. The van der Waals surface area contributed by atoms with E-state index in [-0.39, 0.29) is 23.2 Å². The third-order valence-corrected chi connectivity index (χ3v) is 5.26. The van der Waals surface area contributed by atoms with Crippen LogP contribution in [0.25, 0.3) is 5.69 Å². The Morgan fingerprint density at radius 2 is 2.25 bits per heavy atom. The maximum atomic E-state index is 13.7. The second-order valence-electron chi connectivity index (χ2n) is 8.21. The topological polar surface area (TPSA) is 75.6 Å². The van der Waals surface area contributed by atoms with Gasteiger partial charge in [-0.25, -0.2) is 9.07 Å². The van der Waals surface area contributed by atoms with Crippen molar-refractivity contribution in [1.29, 1.82) is 0 Å². The number of carbonyl (C=O) groups is 1. The standard InChI is InChI=1S/C21H24FN5O/c1-21(2)9-18(26-20(28)7-6-14-11-23-24-12-14)17-13-25-27(19(17)10-21)16-5-3-4-15(22)8-16/h3-5,8,11-13,18H,6-7,9-10H2,1-2H3,(H,23,24)(H,26,28)/t18-/m0/s1. The molecule has 4 rings (SSSR count). The number of nitrogens with one attached hydrogen (secondary N) is 2. The molecule has 0 aliphatic heterocycles. The molecule has 6 nitrogen and oxygen atoms in total. The molecule has 1 aromatic carbocycles. The fourth-order valence-corrected chi connectivity index (χ4v) is 3.94. The fraction of sp³-hybridized carbons (Fsp3) is 0.381. The number of carbonyl (C=O) groups excluding carboxylic acids is 1. The zero-order chi connectivity index (χ0) is 19.7. The number of fused-ring (bicyclic) bond motifs is 1. The molecule has 1 atom stereocenters. The van der Waals surface area contributed by atoms with E-state index < -0.39 is 0 Å². The van der Waals surface area contributed by atoms with Crippen molar-refractivity contribution in [2.75, 3.05) is 0 Å². The number of hydrogen-bond donors (Lipinski definition) is 2. The summed E-state index contributed by atoms with van der Waals surface area (Å²) in [5.41, 5.74) is 3.76. The van der Waals surface area contributed by atoms with E-state index in [1.165, 1.54) is 12.1 Å². The molecule has 0 fully saturated rings. The van der Waals surface area contributed by atoms with Gasteiger partial charge in [0.05, 0.1) is 29.8 Å². The van der Waals surface area contributed by atoms with E-state index in [0.717, 1.165) is 29.7 Å². The van der Waals surface area contributed by atoms with Gasteiger partial charge in [0.15, 0.2) is 0 Å². The number of amides is 1. The average molecular weight is 381 g/mol. The summed E-state index contributed by atoms with van der Waals surface area (Å²) in [6.45, 7) is 4.37. The smallest absolute Gasteiger partial charge is 0.220 e. The lowest BCUT2D eigenvalue weighted by atomic mass is 9.74. The number of halogens is 1. The van der Waals surface area contributed by atoms with Gasteiger partial charge in [0.1, 0.15) is 5.82 Å². The number of aromatic amines is 1. The molecule has 146 valence electrons. The van der Waals surface area contributed by atoms with Crippen LogP contribution in [-0.2, 0) is 17.6 Å². The Morgan fingerprint density at radius 1 is 1.39 bits per heavy atom. The second kappa shape index (κ2) is 7.22. The first-order valence-corrected chi connectivity index (χ1v) is 9.51. The molecule has 0 saturated carbocycles. The van der Waals surface area contributed by atoms with Gasteiger partial charge in [0.2, 0.25) is 5.91 Å². The van der Waals surface area contributed by atoms with Crippen molar-refractivity contribution < 1.29 is 9.18 Å². The number of nitrogens with zero attached hydrogens (tertiary/aromatic N) is 3. The van der Waals surface area contributed by atoms with Crippen molar-refractivity contribution in [3.63, 3.8) is 0 Å². The Morgan fingerprint density at radius 3 is 3.00 bits per heavy atom. The molecule has 0 saturated heterocycles. The molecule has 0 unspecified atom stereocenters. The largest absolute Gasteiger partial charge is 0.349 e. The molecule has 2 heterocycles. The van der Waals surface area contributed by atoms with Gasteiger partial charge in [-0.1, -0.05) is 19.9 Å². The van der Waals surface area contributed by atoms with E-state index in [4.69, 9.17) is 0 Å². The maximum absolute atomic E-state index is 13.7. The Balaban J connectivity index is 1.56. The first-order chi connectivity index (χ1) is 13.4. The minimum atomic E-state index is -0.291. The molecule has 28 heavy (non-hydrogen) atoms. The summed E-state index contributed by atoms with van der Waals surface area (Å²) >= 11 is 0. The van der Waals surface area contributed by atoms with Gasteiger partial charge in [-0.2, -0.15) is 10.2 Å². The highest BCUT2D eigenvalue weighted by molar-refractivity contribution is 5.76. The van der Waals surface area contributed by atoms with E-state index in [9.17, 15) is 9.18 Å². The summed E-state index contributed by atoms with van der Waals surface area (Å²) in [6, 6.07) is 6.33. The quantitative estimate of drug-likeness (QED) is 0.710. The van der Waals surface area contributed by atoms with Crippen molar-refractivity contribution in [3.05, 3.63) is 65.5 Å². The number of aromatic nitrogens is 4. The van der Waals surface area contributed by atoms with Crippen LogP contribution in [0, 0.1) is 11.2 Å². The van der Waals surface area contributed by atoms with Crippen LogP contribution in [0.2, 0.25) is 0 Å². The van der Waals surface area contributed by atoms with E-state index in [2.05, 4.69) is 34.5 Å². The van der Waals surface area contributed by atoms with E-state index in [0.29, 0.717) is 18.5 Å². The summed E-state index contributed by atoms with van der Waals surface area (Å²) in [4.78, 5) is 12.5. The van der Waals surface area contributed by atoms with Crippen LogP contribution in [0.4, 0.5) is 4.39 Å². The Hall–Kier alpha value is -2.96. The zero-order valence-corrected chi connectivity index (χ0v) is 16.1. The number of hydrogen-bond acceptors (Lipinski definition) is 3. The van der Waals surface area contributed by atoms with E-state index in [1.54, 1.807) is 29.3 Å². The van der Waals surface area contributed by atoms with Crippen LogP contribution in [0.5, 0.6) is 0 Å². The van der Waals surface area contributed by atoms with Crippen molar-refractivity contribution in [1.82, 2.24) is 25.3 Å². The third kappa shape index (κ3) is 3.83. The van der Waals surface area contributed by atoms with Crippen LogP contribution in [-0.4, -0.2) is 25.9 Å². The van der Waals surface area contributed by atoms with Crippen molar-refractivity contribution in [2.24, 2.45) is 5.41 Å². The van der Waals surface area contributed by atoms with Gasteiger partial charge in [0.25, 0.3) is 0 Å². The molecule has 0 radical (unpaired) electrons. The lowest BCUT2D eigenvalue weighted by Gasteiger charge is -2.36. The summed E-state index contributed by atoms with van der Waals surface area (Å²) in [5.74, 6) is -0.283. The summed E-state index contributed by atoms with van der Waals surface area (Å²) in [5, 5.41) is 14.3. The Labute approximate surface area is 163 Å². The van der Waals surface area contributed by atoms with Crippen LogP contribution < -0.4 is 5.32 Å². The average Bonchev–Trinajstić information content (AvgIpc) is 3.28. The highest BCUT2D eigenvalue weighted by Crippen LogP contribution is 2.41. The monoisotopic (exact) mass is 381 g/mol. The van der Waals surface area contributed by atoms with Crippen molar-refractivity contribution in [3.8, 4) is 5.69 Å². The van der Waals surface area contributed by atoms with E-state index >= 15 is 0 Å². The number of H-pyrrole nitrogens is 1. The molecule has 0 bridgehead atoms. The molecule has 1 aliphatic rings. The lowest BCUT2D eigenvalue weighted by Crippen LogP contribution is -2.36. The first kappa shape index (κ1) is 18.4. The summed E-state index contributed by atoms with van der Waals surface area (Å²) in [6.07, 6.45) is 8.05. The predicted molar refractivity (Wildman–Crippen MR) is 103 cm³/mol. The highest BCUT2D eigenvalue weighted by atomic mass is 19.1. The van der Waals surface area contributed by atoms with Crippen LogP contribution >= 0.6 is 0 Å². The predicted octanol–water partition coefficient (Wildman–Crippen LogP) is 3.50. The van der Waals surface area contributed by atoms with Gasteiger partial charge >= 0.3 is 0 Å². The molecule has 1 aliphatic carbocycles. The SMILES string of the molecule is CC1(C)Cc2c(cnn2-c2cccc(F)c2)[C@@H](NC(=O)CCc2cn[nH]c2)C1. The second-order valence-corrected chi connectivity index (χ2v) is 8.21. The van der Waals surface area contributed by atoms with Gasteiger partial charge < -0.3 is 5.32 Å². The molecule has 0 spiro atoms. The highest BCUT2D eigenvalue weighted by Gasteiger charge is 2.36. The normalized spacial score (nSPS) is 17.9. The first-order valence-electron chi connectivity index (χ1n) is 9.51. The summed E-state index contributed by atoms with van der Waals surface area (Å²) in [7, 11) is 0. The molecule has 2 N–H and O–H groups in total. The molecule has 7 heteroatoms. The molecule has 2 aromatic heterocycles. The number of aryl methyl sites for hydroxylation is 1. The lowest BCUT2D eigenvalue weighted by molar-refractivity contribution is -0.122. The zero-order valence-electron chi connectivity index (χ0n) is 16.1. The van der Waals surface area contributed by atoms with Gasteiger partial charge in [-0.15, -0.1) is 0 Å². The molecular weight excluding hydrogens is 357 g/mol. The number of rotatable bonds is 5. The minimum Gasteiger partial charge on any atom is -0.349 e. The Kier molecular flexibility index (Phi) is 4.75. The van der Waals surface area contributed by atoms with Gasteiger partial charge in [0, 0.05) is 18.2 Å². The van der Waals surface area contributed by atoms with Crippen LogP contribution in [0.1, 0.15) is 49.6 Å². The molecule has 3 aromatic rings. The number of benzene rings is 1. The maximum Gasteiger partial charge on any atom is 0.220 e.